The SMILES string of the molecule is O=C(CCCl)Nc1ccc(C(F)(F)F)cc1Cl. The molecule has 1 aromatic carbocycles. The van der Waals surface area contributed by atoms with Gasteiger partial charge in [0.2, 0.25) is 5.91 Å². The molecule has 0 saturated heterocycles. The van der Waals surface area contributed by atoms with Crippen LogP contribution in [0, 0.1) is 0 Å². The van der Waals surface area contributed by atoms with Crippen LogP contribution in [0.5, 0.6) is 0 Å². The molecule has 0 bridgehead atoms. The van der Waals surface area contributed by atoms with Gasteiger partial charge in [0.05, 0.1) is 16.3 Å². The second-order valence-electron chi connectivity index (χ2n) is 3.18. The zero-order valence-electron chi connectivity index (χ0n) is 8.44. The predicted molar refractivity (Wildman–Crippen MR) is 60.4 cm³/mol. The molecule has 7 heteroatoms. The van der Waals surface area contributed by atoms with E-state index in [1.54, 1.807) is 0 Å². The smallest absolute Gasteiger partial charge is 0.325 e. The van der Waals surface area contributed by atoms with E-state index in [0.29, 0.717) is 0 Å². The maximum atomic E-state index is 12.3. The molecule has 0 aromatic heterocycles. The van der Waals surface area contributed by atoms with Crippen LogP contribution in [0.15, 0.2) is 18.2 Å². The molecule has 17 heavy (non-hydrogen) atoms. The highest BCUT2D eigenvalue weighted by Gasteiger charge is 2.30. The number of benzene rings is 1. The van der Waals surface area contributed by atoms with Crippen molar-refractivity contribution in [3.05, 3.63) is 28.8 Å². The summed E-state index contributed by atoms with van der Waals surface area (Å²) in [4.78, 5) is 11.2. The standard InChI is InChI=1S/C10H8Cl2F3NO/c11-4-3-9(17)16-8-2-1-6(5-7(8)12)10(13,14)15/h1-2,5H,3-4H2,(H,16,17). The van der Waals surface area contributed by atoms with E-state index in [2.05, 4.69) is 5.32 Å². The number of carbonyl (C=O) groups is 1. The lowest BCUT2D eigenvalue weighted by Crippen LogP contribution is -2.12. The van der Waals surface area contributed by atoms with Crippen molar-refractivity contribution in [3.63, 3.8) is 0 Å². The number of halogens is 5. The molecule has 2 nitrogen and oxygen atoms in total. The summed E-state index contributed by atoms with van der Waals surface area (Å²) in [6.07, 6.45) is -4.39. The van der Waals surface area contributed by atoms with Crippen molar-refractivity contribution < 1.29 is 18.0 Å². The Bertz CT molecular complexity index is 421. The Morgan fingerprint density at radius 1 is 1.35 bits per heavy atom. The molecule has 0 saturated carbocycles. The summed E-state index contributed by atoms with van der Waals surface area (Å²) in [5.74, 6) is -0.272. The van der Waals surface area contributed by atoms with E-state index in [4.69, 9.17) is 23.2 Å². The normalized spacial score (nSPS) is 11.4. The second-order valence-corrected chi connectivity index (χ2v) is 3.96. The van der Waals surface area contributed by atoms with Gasteiger partial charge in [-0.15, -0.1) is 11.6 Å². The maximum absolute atomic E-state index is 12.3. The Kier molecular flexibility index (Phi) is 4.65. The van der Waals surface area contributed by atoms with Crippen molar-refractivity contribution in [1.82, 2.24) is 0 Å². The molecule has 94 valence electrons. The summed E-state index contributed by atoms with van der Waals surface area (Å²) in [7, 11) is 0. The van der Waals surface area contributed by atoms with Gasteiger partial charge in [0.15, 0.2) is 0 Å². The molecular formula is C10H8Cl2F3NO. The van der Waals surface area contributed by atoms with Gasteiger partial charge in [-0.05, 0) is 18.2 Å². The third-order valence-corrected chi connectivity index (χ3v) is 2.39. The topological polar surface area (TPSA) is 29.1 Å². The highest BCUT2D eigenvalue weighted by atomic mass is 35.5. The first-order valence-corrected chi connectivity index (χ1v) is 5.48. The average Bonchev–Trinajstić information content (AvgIpc) is 2.20. The van der Waals surface area contributed by atoms with Crippen LogP contribution in [0.25, 0.3) is 0 Å². The minimum Gasteiger partial charge on any atom is -0.325 e. The van der Waals surface area contributed by atoms with Crippen LogP contribution in [0.1, 0.15) is 12.0 Å². The van der Waals surface area contributed by atoms with Crippen LogP contribution in [-0.2, 0) is 11.0 Å². The number of alkyl halides is 4. The first-order valence-electron chi connectivity index (χ1n) is 4.57. The van der Waals surface area contributed by atoms with Crippen molar-refractivity contribution >= 4 is 34.8 Å². The van der Waals surface area contributed by atoms with Crippen LogP contribution in [-0.4, -0.2) is 11.8 Å². The fourth-order valence-corrected chi connectivity index (χ4v) is 1.49. The van der Waals surface area contributed by atoms with Gasteiger partial charge in [-0.1, -0.05) is 11.6 Å². The Labute approximate surface area is 106 Å². The third-order valence-electron chi connectivity index (χ3n) is 1.89. The van der Waals surface area contributed by atoms with Crippen molar-refractivity contribution in [2.24, 2.45) is 0 Å². The van der Waals surface area contributed by atoms with E-state index < -0.39 is 17.6 Å². The number of nitrogens with one attached hydrogen (secondary N) is 1. The summed E-state index contributed by atoms with van der Waals surface area (Å²) in [6.45, 7) is 0. The van der Waals surface area contributed by atoms with Crippen molar-refractivity contribution in [2.45, 2.75) is 12.6 Å². The summed E-state index contributed by atoms with van der Waals surface area (Å²) in [5, 5.41) is 2.20. The number of amides is 1. The molecule has 1 N–H and O–H groups in total. The number of anilines is 1. The summed E-state index contributed by atoms with van der Waals surface area (Å²) < 4.78 is 37.0. The van der Waals surface area contributed by atoms with Gasteiger partial charge in [-0.2, -0.15) is 13.2 Å². The molecule has 0 atom stereocenters. The lowest BCUT2D eigenvalue weighted by Gasteiger charge is -2.10. The minimum absolute atomic E-state index is 0.0684. The zero-order chi connectivity index (χ0) is 13.1. The Hall–Kier alpha value is -0.940. The molecule has 0 radical (unpaired) electrons. The van der Waals surface area contributed by atoms with Crippen molar-refractivity contribution in [3.8, 4) is 0 Å². The van der Waals surface area contributed by atoms with Gasteiger partial charge < -0.3 is 5.32 Å². The Balaban J connectivity index is 2.87. The van der Waals surface area contributed by atoms with Gasteiger partial charge in [0, 0.05) is 12.3 Å². The molecule has 1 rings (SSSR count). The third kappa shape index (κ3) is 4.09. The van der Waals surface area contributed by atoms with E-state index in [9.17, 15) is 18.0 Å². The van der Waals surface area contributed by atoms with E-state index in [0.717, 1.165) is 18.2 Å². The Morgan fingerprint density at radius 3 is 2.47 bits per heavy atom. The van der Waals surface area contributed by atoms with E-state index in [1.807, 2.05) is 0 Å². The maximum Gasteiger partial charge on any atom is 0.416 e. The minimum atomic E-state index is -4.46. The Morgan fingerprint density at radius 2 is 2.00 bits per heavy atom. The number of hydrogen-bond donors (Lipinski definition) is 1. The average molecular weight is 286 g/mol. The van der Waals surface area contributed by atoms with Gasteiger partial charge >= 0.3 is 6.18 Å². The quantitative estimate of drug-likeness (QED) is 0.838. The summed E-state index contributed by atoms with van der Waals surface area (Å²) in [5.41, 5.74) is -0.729. The molecule has 1 aromatic rings. The van der Waals surface area contributed by atoms with Crippen LogP contribution in [0.2, 0.25) is 5.02 Å². The van der Waals surface area contributed by atoms with Crippen LogP contribution >= 0.6 is 23.2 Å². The molecule has 1 amide bonds. The van der Waals surface area contributed by atoms with E-state index in [-0.39, 0.29) is 23.0 Å². The largest absolute Gasteiger partial charge is 0.416 e. The molecule has 0 spiro atoms. The molecule has 0 aliphatic heterocycles. The van der Waals surface area contributed by atoms with Gasteiger partial charge in [0.25, 0.3) is 0 Å². The van der Waals surface area contributed by atoms with Gasteiger partial charge in [-0.3, -0.25) is 4.79 Å². The van der Waals surface area contributed by atoms with Crippen LogP contribution in [0.4, 0.5) is 18.9 Å². The van der Waals surface area contributed by atoms with E-state index >= 15 is 0 Å². The fraction of sp³-hybridized carbons (Fsp3) is 0.300. The molecular weight excluding hydrogens is 278 g/mol. The molecule has 0 aliphatic rings. The monoisotopic (exact) mass is 285 g/mol. The van der Waals surface area contributed by atoms with Crippen LogP contribution in [0.3, 0.4) is 0 Å². The predicted octanol–water partition coefficient (Wildman–Crippen LogP) is 3.93. The number of hydrogen-bond acceptors (Lipinski definition) is 1. The summed E-state index contributed by atoms with van der Waals surface area (Å²) in [6, 6.07) is 2.72. The lowest BCUT2D eigenvalue weighted by atomic mass is 10.2. The summed E-state index contributed by atoms with van der Waals surface area (Å²) >= 11 is 11.0. The van der Waals surface area contributed by atoms with E-state index in [1.165, 1.54) is 0 Å². The molecule has 0 aliphatic carbocycles. The second kappa shape index (κ2) is 5.60. The number of carbonyl (C=O) groups excluding carboxylic acids is 1. The lowest BCUT2D eigenvalue weighted by molar-refractivity contribution is -0.137. The highest BCUT2D eigenvalue weighted by molar-refractivity contribution is 6.33. The van der Waals surface area contributed by atoms with Gasteiger partial charge in [0.1, 0.15) is 0 Å². The zero-order valence-corrected chi connectivity index (χ0v) is 9.96. The molecule has 0 unspecified atom stereocenters. The highest BCUT2D eigenvalue weighted by Crippen LogP contribution is 2.33. The van der Waals surface area contributed by atoms with Crippen molar-refractivity contribution in [1.29, 1.82) is 0 Å². The van der Waals surface area contributed by atoms with Crippen LogP contribution < -0.4 is 5.32 Å². The first kappa shape index (κ1) is 14.1. The molecule has 0 heterocycles. The number of rotatable bonds is 3. The van der Waals surface area contributed by atoms with Crippen molar-refractivity contribution in [2.75, 3.05) is 11.2 Å². The molecule has 0 fully saturated rings. The first-order chi connectivity index (χ1) is 7.84. The van der Waals surface area contributed by atoms with Gasteiger partial charge in [-0.25, -0.2) is 0 Å². The fourth-order valence-electron chi connectivity index (χ4n) is 1.09.